The molecule has 1 aliphatic rings. The van der Waals surface area contributed by atoms with E-state index in [2.05, 4.69) is 4.90 Å². The van der Waals surface area contributed by atoms with Crippen LogP contribution in [0, 0.1) is 0 Å². The summed E-state index contributed by atoms with van der Waals surface area (Å²) in [5.74, 6) is 2.52. The molecular formula is C24H30ClN5O4. The minimum absolute atomic E-state index is 0.0113. The zero-order chi connectivity index (χ0) is 24.6. The van der Waals surface area contributed by atoms with E-state index in [1.165, 1.54) is 0 Å². The summed E-state index contributed by atoms with van der Waals surface area (Å²) in [4.78, 5) is 25.0. The number of rotatable bonds is 5. The number of imidazole rings is 1. The molecule has 1 fully saturated rings. The minimum atomic E-state index is -0.871. The Hall–Kier alpha value is -3.20. The number of aromatic nitrogens is 3. The van der Waals surface area contributed by atoms with Gasteiger partial charge < -0.3 is 24.4 Å². The normalized spacial score (nSPS) is 14.9. The summed E-state index contributed by atoms with van der Waals surface area (Å²) in [7, 11) is 3.15. The molecule has 0 radical (unpaired) electrons. The van der Waals surface area contributed by atoms with Gasteiger partial charge in [0.15, 0.2) is 0 Å². The SMILES string of the molecule is COc1cc(OC)c(-c2cn3ccc(N4CCC(N(C(=O)O)C(C)(C)C)CC4)nc3n2)cc1Cl. The van der Waals surface area contributed by atoms with Crippen molar-refractivity contribution >= 4 is 29.3 Å². The molecule has 0 aliphatic carbocycles. The zero-order valence-electron chi connectivity index (χ0n) is 20.1. The maximum absolute atomic E-state index is 11.8. The average Bonchev–Trinajstić information content (AvgIpc) is 3.21. The Labute approximate surface area is 203 Å². The number of nitrogens with zero attached hydrogens (tertiary/aromatic N) is 5. The number of carbonyl (C=O) groups is 1. The maximum atomic E-state index is 11.8. The Bertz CT molecular complexity index is 1200. The van der Waals surface area contributed by atoms with Crippen molar-refractivity contribution in [3.05, 3.63) is 35.6 Å². The lowest BCUT2D eigenvalue weighted by atomic mass is 9.97. The zero-order valence-corrected chi connectivity index (χ0v) is 20.8. The molecule has 2 aromatic heterocycles. The lowest BCUT2D eigenvalue weighted by molar-refractivity contribution is 0.0616. The van der Waals surface area contributed by atoms with Gasteiger partial charge in [0.1, 0.15) is 17.3 Å². The van der Waals surface area contributed by atoms with E-state index in [-0.39, 0.29) is 6.04 Å². The first-order valence-electron chi connectivity index (χ1n) is 11.2. The summed E-state index contributed by atoms with van der Waals surface area (Å²) in [5.41, 5.74) is 0.997. The quantitative estimate of drug-likeness (QED) is 0.551. The average molecular weight is 488 g/mol. The molecule has 1 aromatic carbocycles. The fourth-order valence-electron chi connectivity index (χ4n) is 4.57. The number of hydrogen-bond donors (Lipinski definition) is 1. The lowest BCUT2D eigenvalue weighted by Gasteiger charge is -2.43. The molecular weight excluding hydrogens is 458 g/mol. The molecule has 182 valence electrons. The molecule has 1 N–H and O–H groups in total. The molecule has 1 saturated heterocycles. The van der Waals surface area contributed by atoms with Gasteiger partial charge in [-0.3, -0.25) is 4.40 Å². The number of fused-ring (bicyclic) bond motifs is 1. The molecule has 1 aliphatic heterocycles. The third-order valence-electron chi connectivity index (χ3n) is 6.14. The number of amides is 1. The lowest BCUT2D eigenvalue weighted by Crippen LogP contribution is -2.54. The predicted octanol–water partition coefficient (Wildman–Crippen LogP) is 4.81. The monoisotopic (exact) mass is 487 g/mol. The number of methoxy groups -OCH3 is 2. The summed E-state index contributed by atoms with van der Waals surface area (Å²) < 4.78 is 12.7. The highest BCUT2D eigenvalue weighted by Crippen LogP contribution is 2.38. The van der Waals surface area contributed by atoms with E-state index in [9.17, 15) is 9.90 Å². The van der Waals surface area contributed by atoms with Gasteiger partial charge in [-0.1, -0.05) is 11.6 Å². The molecule has 9 nitrogen and oxygen atoms in total. The highest BCUT2D eigenvalue weighted by atomic mass is 35.5. The first kappa shape index (κ1) is 23.9. The van der Waals surface area contributed by atoms with E-state index in [1.807, 2.05) is 43.6 Å². The molecule has 1 amide bonds. The van der Waals surface area contributed by atoms with Crippen LogP contribution in [0.15, 0.2) is 30.6 Å². The number of anilines is 1. The third kappa shape index (κ3) is 4.57. The second-order valence-electron chi connectivity index (χ2n) is 9.35. The van der Waals surface area contributed by atoms with Crippen molar-refractivity contribution in [1.29, 1.82) is 0 Å². The van der Waals surface area contributed by atoms with Crippen LogP contribution in [0.5, 0.6) is 11.5 Å². The van der Waals surface area contributed by atoms with Crippen molar-refractivity contribution < 1.29 is 19.4 Å². The van der Waals surface area contributed by atoms with E-state index in [1.54, 1.807) is 31.3 Å². The van der Waals surface area contributed by atoms with E-state index >= 15 is 0 Å². The molecule has 4 rings (SSSR count). The van der Waals surface area contributed by atoms with Gasteiger partial charge in [-0.05, 0) is 45.7 Å². The number of halogens is 1. The van der Waals surface area contributed by atoms with Crippen LogP contribution in [-0.4, -0.2) is 69.4 Å². The van der Waals surface area contributed by atoms with E-state index in [0.717, 1.165) is 37.3 Å². The van der Waals surface area contributed by atoms with Crippen LogP contribution in [0.25, 0.3) is 17.0 Å². The van der Waals surface area contributed by atoms with Gasteiger partial charge in [0, 0.05) is 48.7 Å². The summed E-state index contributed by atoms with van der Waals surface area (Å²) >= 11 is 6.34. The van der Waals surface area contributed by atoms with Crippen molar-refractivity contribution in [1.82, 2.24) is 19.3 Å². The minimum Gasteiger partial charge on any atom is -0.496 e. The maximum Gasteiger partial charge on any atom is 0.407 e. The first-order chi connectivity index (χ1) is 16.1. The molecule has 10 heteroatoms. The standard InChI is InChI=1S/C24H30ClN5O4/c1-24(2,3)30(23(31)32)15-6-9-28(10-7-15)21-8-11-29-14-18(26-22(29)27-21)16-12-17(25)20(34-5)13-19(16)33-4/h8,11-15H,6-7,9-10H2,1-5H3,(H,31,32). The van der Waals surface area contributed by atoms with Crippen molar-refractivity contribution in [3.63, 3.8) is 0 Å². The summed E-state index contributed by atoms with van der Waals surface area (Å²) in [5, 5.41) is 10.2. The number of piperidine rings is 1. The second-order valence-corrected chi connectivity index (χ2v) is 9.76. The molecule has 0 bridgehead atoms. The number of benzene rings is 1. The van der Waals surface area contributed by atoms with Crippen LogP contribution in [-0.2, 0) is 0 Å². The topological polar surface area (TPSA) is 92.4 Å². The van der Waals surface area contributed by atoms with Gasteiger partial charge in [-0.25, -0.2) is 9.78 Å². The largest absolute Gasteiger partial charge is 0.496 e. The van der Waals surface area contributed by atoms with Gasteiger partial charge in [0.05, 0.1) is 24.9 Å². The van der Waals surface area contributed by atoms with Gasteiger partial charge in [-0.2, -0.15) is 4.98 Å². The fourth-order valence-corrected chi connectivity index (χ4v) is 4.81. The molecule has 3 aromatic rings. The Balaban J connectivity index is 1.56. The summed E-state index contributed by atoms with van der Waals surface area (Å²) in [6, 6.07) is 5.46. The van der Waals surface area contributed by atoms with Crippen molar-refractivity contribution in [3.8, 4) is 22.8 Å². The Morgan fingerprint density at radius 3 is 2.41 bits per heavy atom. The van der Waals surface area contributed by atoms with E-state index in [4.69, 9.17) is 31.0 Å². The predicted molar refractivity (Wildman–Crippen MR) is 131 cm³/mol. The molecule has 3 heterocycles. The molecule has 0 atom stereocenters. The Morgan fingerprint density at radius 1 is 1.15 bits per heavy atom. The van der Waals surface area contributed by atoms with Gasteiger partial charge in [-0.15, -0.1) is 0 Å². The number of carboxylic acid groups (broad SMARTS) is 1. The first-order valence-corrected chi connectivity index (χ1v) is 11.5. The second kappa shape index (κ2) is 9.21. The fraction of sp³-hybridized carbons (Fsp3) is 0.458. The Morgan fingerprint density at radius 2 is 1.82 bits per heavy atom. The van der Waals surface area contributed by atoms with Gasteiger partial charge in [0.25, 0.3) is 0 Å². The smallest absolute Gasteiger partial charge is 0.407 e. The molecule has 34 heavy (non-hydrogen) atoms. The van der Waals surface area contributed by atoms with Crippen molar-refractivity contribution in [2.45, 2.75) is 45.2 Å². The van der Waals surface area contributed by atoms with E-state index < -0.39 is 11.6 Å². The number of hydrogen-bond acceptors (Lipinski definition) is 6. The molecule has 0 spiro atoms. The van der Waals surface area contributed by atoms with Crippen molar-refractivity contribution in [2.75, 3.05) is 32.2 Å². The molecule has 0 saturated carbocycles. The van der Waals surface area contributed by atoms with Gasteiger partial charge in [0.2, 0.25) is 5.78 Å². The highest BCUT2D eigenvalue weighted by molar-refractivity contribution is 6.32. The summed E-state index contributed by atoms with van der Waals surface area (Å²) in [6.45, 7) is 7.25. The van der Waals surface area contributed by atoms with Crippen LogP contribution in [0.3, 0.4) is 0 Å². The van der Waals surface area contributed by atoms with Crippen LogP contribution in [0.4, 0.5) is 10.6 Å². The summed E-state index contributed by atoms with van der Waals surface area (Å²) in [6.07, 6.45) is 4.43. The van der Waals surface area contributed by atoms with E-state index in [0.29, 0.717) is 28.0 Å². The van der Waals surface area contributed by atoms with Crippen LogP contribution < -0.4 is 14.4 Å². The Kier molecular flexibility index (Phi) is 6.49. The highest BCUT2D eigenvalue weighted by Gasteiger charge is 2.35. The molecule has 0 unspecified atom stereocenters. The third-order valence-corrected chi connectivity index (χ3v) is 6.44. The van der Waals surface area contributed by atoms with Crippen LogP contribution in [0.2, 0.25) is 5.02 Å². The number of ether oxygens (including phenoxy) is 2. The van der Waals surface area contributed by atoms with Gasteiger partial charge >= 0.3 is 6.09 Å². The van der Waals surface area contributed by atoms with Crippen molar-refractivity contribution in [2.24, 2.45) is 0 Å². The van der Waals surface area contributed by atoms with Crippen LogP contribution >= 0.6 is 11.6 Å². The van der Waals surface area contributed by atoms with Crippen LogP contribution in [0.1, 0.15) is 33.6 Å².